The fourth-order valence-corrected chi connectivity index (χ4v) is 4.64. The second kappa shape index (κ2) is 6.19. The van der Waals surface area contributed by atoms with Crippen molar-refractivity contribution in [3.63, 3.8) is 0 Å². The lowest BCUT2D eigenvalue weighted by molar-refractivity contribution is -0.0913. The molecule has 0 aromatic heterocycles. The summed E-state index contributed by atoms with van der Waals surface area (Å²) in [6.45, 7) is 1.13. The van der Waals surface area contributed by atoms with Crippen LogP contribution in [-0.4, -0.2) is 44.8 Å². The topological polar surface area (TPSA) is 55.8 Å². The zero-order valence-electron chi connectivity index (χ0n) is 11.9. The smallest absolute Gasteiger partial charge is 0.243 e. The molecule has 2 fully saturated rings. The fourth-order valence-electron chi connectivity index (χ4n) is 2.91. The number of piperidine rings is 1. The molecule has 3 rings (SSSR count). The van der Waals surface area contributed by atoms with E-state index >= 15 is 0 Å². The summed E-state index contributed by atoms with van der Waals surface area (Å²) < 4.78 is 64.3. The Balaban J connectivity index is 1.94. The van der Waals surface area contributed by atoms with Gasteiger partial charge in [0.1, 0.15) is 11.6 Å². The molecule has 0 radical (unpaired) electrons. The maximum absolute atomic E-state index is 13.4. The van der Waals surface area contributed by atoms with Crippen molar-refractivity contribution in [2.75, 3.05) is 19.8 Å². The number of benzene rings is 1. The molecule has 0 bridgehead atoms. The van der Waals surface area contributed by atoms with Crippen LogP contribution in [0.2, 0.25) is 0 Å². The average molecular weight is 333 g/mol. The molecule has 2 saturated heterocycles. The van der Waals surface area contributed by atoms with Crippen molar-refractivity contribution in [1.29, 1.82) is 0 Å². The van der Waals surface area contributed by atoms with Crippen LogP contribution < -0.4 is 0 Å². The normalized spacial score (nSPS) is 24.7. The molecule has 5 nitrogen and oxygen atoms in total. The summed E-state index contributed by atoms with van der Waals surface area (Å²) in [6.07, 6.45) is 1.53. The van der Waals surface area contributed by atoms with Gasteiger partial charge in [0.25, 0.3) is 0 Å². The minimum atomic E-state index is -4.00. The number of ether oxygens (including phenoxy) is 2. The Morgan fingerprint density at radius 3 is 2.32 bits per heavy atom. The number of sulfonamides is 1. The minimum absolute atomic E-state index is 0.286. The van der Waals surface area contributed by atoms with Crippen molar-refractivity contribution in [3.05, 3.63) is 29.8 Å². The fraction of sp³-hybridized carbons (Fsp3) is 0.571. The first kappa shape index (κ1) is 15.8. The predicted molar refractivity (Wildman–Crippen MR) is 73.6 cm³/mol. The Hall–Kier alpha value is -1.09. The number of hydrogen-bond acceptors (Lipinski definition) is 4. The SMILES string of the molecule is O=S(=O)(c1cc(F)cc(F)c1)N1CCCC[C@@H]1C1OCCO1. The Morgan fingerprint density at radius 2 is 1.68 bits per heavy atom. The molecule has 22 heavy (non-hydrogen) atoms. The second-order valence-corrected chi connectivity index (χ2v) is 7.28. The summed E-state index contributed by atoms with van der Waals surface area (Å²) >= 11 is 0. The van der Waals surface area contributed by atoms with E-state index in [-0.39, 0.29) is 11.4 Å². The van der Waals surface area contributed by atoms with Crippen molar-refractivity contribution < 1.29 is 26.7 Å². The largest absolute Gasteiger partial charge is 0.349 e. The molecule has 0 aliphatic carbocycles. The van der Waals surface area contributed by atoms with Gasteiger partial charge in [-0.05, 0) is 25.0 Å². The highest BCUT2D eigenvalue weighted by molar-refractivity contribution is 7.89. The Bertz CT molecular complexity index is 626. The lowest BCUT2D eigenvalue weighted by Gasteiger charge is -2.36. The molecule has 2 aliphatic rings. The molecule has 0 amide bonds. The van der Waals surface area contributed by atoms with E-state index in [9.17, 15) is 17.2 Å². The standard InChI is InChI=1S/C14H17F2NO4S/c15-10-7-11(16)9-12(8-10)22(18,19)17-4-2-1-3-13(17)14-20-5-6-21-14/h7-9,13-14H,1-6H2/t13-/m1/s1. The van der Waals surface area contributed by atoms with Gasteiger partial charge in [-0.15, -0.1) is 0 Å². The van der Waals surface area contributed by atoms with Gasteiger partial charge in [0.05, 0.1) is 24.2 Å². The van der Waals surface area contributed by atoms with Gasteiger partial charge in [-0.1, -0.05) is 6.42 Å². The molecule has 2 aliphatic heterocycles. The number of nitrogens with zero attached hydrogens (tertiary/aromatic N) is 1. The molecule has 2 heterocycles. The first-order valence-electron chi connectivity index (χ1n) is 7.19. The van der Waals surface area contributed by atoms with Gasteiger partial charge in [0.15, 0.2) is 6.29 Å². The lowest BCUT2D eigenvalue weighted by atomic mass is 10.0. The third-order valence-electron chi connectivity index (χ3n) is 3.90. The molecule has 0 unspecified atom stereocenters. The van der Waals surface area contributed by atoms with Crippen LogP contribution in [-0.2, 0) is 19.5 Å². The van der Waals surface area contributed by atoms with E-state index < -0.39 is 34.0 Å². The number of halogens is 2. The summed E-state index contributed by atoms with van der Waals surface area (Å²) in [4.78, 5) is -0.380. The molecule has 1 aromatic rings. The molecular formula is C14H17F2NO4S. The van der Waals surface area contributed by atoms with Crippen LogP contribution in [0.4, 0.5) is 8.78 Å². The zero-order chi connectivity index (χ0) is 15.7. The Labute approximate surface area is 127 Å². The summed E-state index contributed by atoms with van der Waals surface area (Å²) in [5, 5.41) is 0. The molecule has 8 heteroatoms. The van der Waals surface area contributed by atoms with Crippen molar-refractivity contribution >= 4 is 10.0 Å². The minimum Gasteiger partial charge on any atom is -0.349 e. The van der Waals surface area contributed by atoms with E-state index in [2.05, 4.69) is 0 Å². The van der Waals surface area contributed by atoms with Gasteiger partial charge in [-0.3, -0.25) is 0 Å². The van der Waals surface area contributed by atoms with Crippen LogP contribution in [0, 0.1) is 11.6 Å². The molecule has 1 atom stereocenters. The van der Waals surface area contributed by atoms with Crippen molar-refractivity contribution in [2.24, 2.45) is 0 Å². The molecule has 122 valence electrons. The molecule has 0 N–H and O–H groups in total. The summed E-state index contributed by atoms with van der Waals surface area (Å²) in [6, 6.07) is 1.85. The van der Waals surface area contributed by atoms with E-state index in [0.717, 1.165) is 18.6 Å². The van der Waals surface area contributed by atoms with E-state index in [0.29, 0.717) is 32.1 Å². The van der Waals surface area contributed by atoms with E-state index in [1.807, 2.05) is 0 Å². The predicted octanol–water partition coefficient (Wildman–Crippen LogP) is 1.88. The van der Waals surface area contributed by atoms with Gasteiger partial charge in [0.2, 0.25) is 10.0 Å². The van der Waals surface area contributed by atoms with Gasteiger partial charge in [-0.2, -0.15) is 4.31 Å². The maximum atomic E-state index is 13.4. The lowest BCUT2D eigenvalue weighted by Crippen LogP contribution is -2.50. The second-order valence-electron chi connectivity index (χ2n) is 5.39. The van der Waals surface area contributed by atoms with Crippen LogP contribution in [0.3, 0.4) is 0 Å². The third-order valence-corrected chi connectivity index (χ3v) is 5.80. The summed E-state index contributed by atoms with van der Waals surface area (Å²) in [5.74, 6) is -1.83. The van der Waals surface area contributed by atoms with E-state index in [1.54, 1.807) is 0 Å². The van der Waals surface area contributed by atoms with Crippen LogP contribution in [0.25, 0.3) is 0 Å². The Morgan fingerprint density at radius 1 is 1.05 bits per heavy atom. The van der Waals surface area contributed by atoms with E-state index in [4.69, 9.17) is 9.47 Å². The first-order valence-corrected chi connectivity index (χ1v) is 8.63. The monoisotopic (exact) mass is 333 g/mol. The van der Waals surface area contributed by atoms with Crippen LogP contribution in [0.1, 0.15) is 19.3 Å². The van der Waals surface area contributed by atoms with Crippen LogP contribution in [0.15, 0.2) is 23.1 Å². The quantitative estimate of drug-likeness (QED) is 0.847. The molecule has 0 spiro atoms. The highest BCUT2D eigenvalue weighted by Crippen LogP contribution is 2.30. The maximum Gasteiger partial charge on any atom is 0.243 e. The molecular weight excluding hydrogens is 316 g/mol. The number of hydrogen-bond donors (Lipinski definition) is 0. The Kier molecular flexibility index (Phi) is 4.44. The number of rotatable bonds is 3. The van der Waals surface area contributed by atoms with Gasteiger partial charge in [-0.25, -0.2) is 17.2 Å². The van der Waals surface area contributed by atoms with Crippen molar-refractivity contribution in [2.45, 2.75) is 36.5 Å². The van der Waals surface area contributed by atoms with Crippen molar-refractivity contribution in [1.82, 2.24) is 4.31 Å². The molecule has 1 aromatic carbocycles. The average Bonchev–Trinajstić information content (AvgIpc) is 3.00. The van der Waals surface area contributed by atoms with Crippen molar-refractivity contribution in [3.8, 4) is 0 Å². The zero-order valence-corrected chi connectivity index (χ0v) is 12.7. The van der Waals surface area contributed by atoms with Gasteiger partial charge >= 0.3 is 0 Å². The van der Waals surface area contributed by atoms with E-state index in [1.165, 1.54) is 4.31 Å². The summed E-state index contributed by atoms with van der Waals surface area (Å²) in [7, 11) is -4.00. The molecule has 0 saturated carbocycles. The summed E-state index contributed by atoms with van der Waals surface area (Å²) in [5.41, 5.74) is 0. The first-order chi connectivity index (χ1) is 10.5. The van der Waals surface area contributed by atoms with Crippen LogP contribution in [0.5, 0.6) is 0 Å². The van der Waals surface area contributed by atoms with Crippen LogP contribution >= 0.6 is 0 Å². The third kappa shape index (κ3) is 3.01. The van der Waals surface area contributed by atoms with Gasteiger partial charge < -0.3 is 9.47 Å². The highest BCUT2D eigenvalue weighted by Gasteiger charge is 2.40. The highest BCUT2D eigenvalue weighted by atomic mass is 32.2. The van der Waals surface area contributed by atoms with Gasteiger partial charge in [0, 0.05) is 12.6 Å².